The fourth-order valence-corrected chi connectivity index (χ4v) is 3.51. The zero-order chi connectivity index (χ0) is 19.8. The van der Waals surface area contributed by atoms with Crippen molar-refractivity contribution in [3.05, 3.63) is 54.1 Å². The summed E-state index contributed by atoms with van der Waals surface area (Å²) in [6, 6.07) is 15.8. The van der Waals surface area contributed by atoms with E-state index in [1.54, 1.807) is 7.11 Å². The highest BCUT2D eigenvalue weighted by atomic mass is 16.5. The number of nitrogens with zero attached hydrogens (tertiary/aromatic N) is 2. The molecule has 1 heterocycles. The lowest BCUT2D eigenvalue weighted by Gasteiger charge is -2.36. The molecule has 2 amide bonds. The van der Waals surface area contributed by atoms with Crippen LogP contribution >= 0.6 is 0 Å². The fourth-order valence-electron chi connectivity index (χ4n) is 3.51. The van der Waals surface area contributed by atoms with Crippen molar-refractivity contribution in [3.63, 3.8) is 0 Å². The first-order valence-corrected chi connectivity index (χ1v) is 9.87. The predicted octanol–water partition coefficient (Wildman–Crippen LogP) is 3.34. The lowest BCUT2D eigenvalue weighted by molar-refractivity contribution is 0.244. The Labute approximate surface area is 167 Å². The van der Waals surface area contributed by atoms with Gasteiger partial charge in [-0.1, -0.05) is 24.3 Å². The van der Waals surface area contributed by atoms with Gasteiger partial charge in [-0.15, -0.1) is 0 Å². The van der Waals surface area contributed by atoms with Gasteiger partial charge in [0, 0.05) is 38.4 Å². The molecular formula is C22H30N4O2. The van der Waals surface area contributed by atoms with Crippen LogP contribution in [0.2, 0.25) is 0 Å². The molecule has 0 atom stereocenters. The van der Waals surface area contributed by atoms with E-state index in [2.05, 4.69) is 32.6 Å². The zero-order valence-corrected chi connectivity index (χ0v) is 16.8. The zero-order valence-electron chi connectivity index (χ0n) is 16.8. The van der Waals surface area contributed by atoms with E-state index in [1.165, 1.54) is 5.69 Å². The summed E-state index contributed by atoms with van der Waals surface area (Å²) in [4.78, 5) is 16.8. The highest BCUT2D eigenvalue weighted by Gasteiger charge is 2.19. The Morgan fingerprint density at radius 2 is 1.86 bits per heavy atom. The average molecular weight is 383 g/mol. The first kappa shape index (κ1) is 20.0. The predicted molar refractivity (Wildman–Crippen MR) is 114 cm³/mol. The second-order valence-electron chi connectivity index (χ2n) is 7.10. The molecule has 1 saturated heterocycles. The standard InChI is InChI=1S/C22H30N4O2/c1-18-7-5-8-19(17-18)24-22(27)23-11-6-12-25-13-15-26(16-14-25)20-9-3-4-10-21(20)28-2/h3-5,7-10,17H,6,11-16H2,1-2H3,(H2,23,24,27). The minimum atomic E-state index is -0.147. The Balaban J connectivity index is 1.34. The van der Waals surface area contributed by atoms with E-state index in [9.17, 15) is 4.79 Å². The number of rotatable bonds is 7. The number of amides is 2. The number of carbonyl (C=O) groups excluding carboxylic acids is 1. The Bertz CT molecular complexity index is 773. The summed E-state index contributed by atoms with van der Waals surface area (Å²) in [6.07, 6.45) is 0.940. The third kappa shape index (κ3) is 5.63. The molecule has 0 radical (unpaired) electrons. The Morgan fingerprint density at radius 3 is 2.61 bits per heavy atom. The number of carbonyl (C=O) groups is 1. The normalized spacial score (nSPS) is 14.6. The molecule has 0 unspecified atom stereocenters. The first-order valence-electron chi connectivity index (χ1n) is 9.87. The summed E-state index contributed by atoms with van der Waals surface area (Å²) >= 11 is 0. The molecule has 0 spiro atoms. The third-order valence-electron chi connectivity index (χ3n) is 5.01. The summed E-state index contributed by atoms with van der Waals surface area (Å²) in [6.45, 7) is 7.69. The molecule has 1 aliphatic rings. The molecule has 1 aliphatic heterocycles. The molecule has 6 heteroatoms. The van der Waals surface area contributed by atoms with Gasteiger partial charge < -0.3 is 20.3 Å². The second kappa shape index (κ2) is 9.99. The van der Waals surface area contributed by atoms with Gasteiger partial charge in [0.1, 0.15) is 5.75 Å². The monoisotopic (exact) mass is 382 g/mol. The summed E-state index contributed by atoms with van der Waals surface area (Å²) in [7, 11) is 1.72. The largest absolute Gasteiger partial charge is 0.495 e. The number of benzene rings is 2. The molecule has 3 rings (SSSR count). The van der Waals surface area contributed by atoms with E-state index in [1.807, 2.05) is 43.3 Å². The third-order valence-corrected chi connectivity index (χ3v) is 5.01. The van der Waals surface area contributed by atoms with E-state index in [0.29, 0.717) is 6.54 Å². The van der Waals surface area contributed by atoms with Crippen LogP contribution in [0.25, 0.3) is 0 Å². The maximum Gasteiger partial charge on any atom is 0.319 e. The summed E-state index contributed by atoms with van der Waals surface area (Å²) in [5, 5.41) is 5.81. The van der Waals surface area contributed by atoms with Gasteiger partial charge >= 0.3 is 6.03 Å². The number of para-hydroxylation sites is 2. The Morgan fingerprint density at radius 1 is 1.07 bits per heavy atom. The van der Waals surface area contributed by atoms with Crippen LogP contribution in [0, 0.1) is 6.92 Å². The van der Waals surface area contributed by atoms with E-state index < -0.39 is 0 Å². The smallest absolute Gasteiger partial charge is 0.319 e. The molecule has 0 aliphatic carbocycles. The number of aryl methyl sites for hydroxylation is 1. The van der Waals surface area contributed by atoms with Gasteiger partial charge in [-0.3, -0.25) is 4.90 Å². The fraction of sp³-hybridized carbons (Fsp3) is 0.409. The van der Waals surface area contributed by atoms with Crippen molar-refractivity contribution in [2.24, 2.45) is 0 Å². The van der Waals surface area contributed by atoms with E-state index in [0.717, 1.165) is 56.1 Å². The molecule has 6 nitrogen and oxygen atoms in total. The molecular weight excluding hydrogens is 352 g/mol. The van der Waals surface area contributed by atoms with Crippen LogP contribution in [0.15, 0.2) is 48.5 Å². The molecule has 0 aromatic heterocycles. The molecule has 0 bridgehead atoms. The maximum atomic E-state index is 12.0. The number of urea groups is 1. The number of methoxy groups -OCH3 is 1. The molecule has 2 N–H and O–H groups in total. The van der Waals surface area contributed by atoms with Crippen LogP contribution in [0.5, 0.6) is 5.75 Å². The number of anilines is 2. The van der Waals surface area contributed by atoms with Crippen LogP contribution in [-0.4, -0.2) is 57.3 Å². The Hall–Kier alpha value is -2.73. The summed E-state index contributed by atoms with van der Waals surface area (Å²) in [5.41, 5.74) is 3.12. The lowest BCUT2D eigenvalue weighted by atomic mass is 10.2. The van der Waals surface area contributed by atoms with Crippen LogP contribution in [0.3, 0.4) is 0 Å². The molecule has 1 fully saturated rings. The number of piperazine rings is 1. The topological polar surface area (TPSA) is 56.8 Å². The van der Waals surface area contributed by atoms with Crippen molar-refractivity contribution in [2.45, 2.75) is 13.3 Å². The Kier molecular flexibility index (Phi) is 7.14. The number of hydrogen-bond donors (Lipinski definition) is 2. The van der Waals surface area contributed by atoms with Crippen LogP contribution in [0.4, 0.5) is 16.2 Å². The van der Waals surface area contributed by atoms with Crippen molar-refractivity contribution < 1.29 is 9.53 Å². The van der Waals surface area contributed by atoms with Gasteiger partial charge in [0.15, 0.2) is 0 Å². The minimum absolute atomic E-state index is 0.147. The highest BCUT2D eigenvalue weighted by Crippen LogP contribution is 2.28. The number of ether oxygens (including phenoxy) is 1. The average Bonchev–Trinajstić information content (AvgIpc) is 2.72. The number of hydrogen-bond acceptors (Lipinski definition) is 4. The van der Waals surface area contributed by atoms with Crippen molar-refractivity contribution in [3.8, 4) is 5.75 Å². The van der Waals surface area contributed by atoms with E-state index in [-0.39, 0.29) is 6.03 Å². The SMILES string of the molecule is COc1ccccc1N1CCN(CCCNC(=O)Nc2cccc(C)c2)CC1. The summed E-state index contributed by atoms with van der Waals surface area (Å²) < 4.78 is 5.47. The maximum absolute atomic E-state index is 12.0. The van der Waals surface area contributed by atoms with Crippen LogP contribution in [0.1, 0.15) is 12.0 Å². The molecule has 28 heavy (non-hydrogen) atoms. The van der Waals surface area contributed by atoms with E-state index in [4.69, 9.17) is 4.74 Å². The quantitative estimate of drug-likeness (QED) is 0.721. The van der Waals surface area contributed by atoms with Crippen molar-refractivity contribution >= 4 is 17.4 Å². The van der Waals surface area contributed by atoms with Gasteiger partial charge in [-0.2, -0.15) is 0 Å². The minimum Gasteiger partial charge on any atom is -0.495 e. The molecule has 0 saturated carbocycles. The first-order chi connectivity index (χ1) is 13.7. The van der Waals surface area contributed by atoms with Gasteiger partial charge in [-0.25, -0.2) is 4.79 Å². The van der Waals surface area contributed by atoms with Crippen molar-refractivity contribution in [1.29, 1.82) is 0 Å². The van der Waals surface area contributed by atoms with Crippen LogP contribution < -0.4 is 20.3 Å². The lowest BCUT2D eigenvalue weighted by Crippen LogP contribution is -2.47. The van der Waals surface area contributed by atoms with Crippen molar-refractivity contribution in [2.75, 3.05) is 56.6 Å². The van der Waals surface area contributed by atoms with Crippen LogP contribution in [-0.2, 0) is 0 Å². The second-order valence-corrected chi connectivity index (χ2v) is 7.10. The molecule has 2 aromatic carbocycles. The highest BCUT2D eigenvalue weighted by molar-refractivity contribution is 5.89. The van der Waals surface area contributed by atoms with Gasteiger partial charge in [0.25, 0.3) is 0 Å². The molecule has 150 valence electrons. The molecule has 2 aromatic rings. The van der Waals surface area contributed by atoms with E-state index >= 15 is 0 Å². The summed E-state index contributed by atoms with van der Waals surface area (Å²) in [5.74, 6) is 0.930. The number of nitrogens with one attached hydrogen (secondary N) is 2. The van der Waals surface area contributed by atoms with Crippen molar-refractivity contribution in [1.82, 2.24) is 10.2 Å². The van der Waals surface area contributed by atoms with Gasteiger partial charge in [0.05, 0.1) is 12.8 Å². The van der Waals surface area contributed by atoms with Gasteiger partial charge in [0.2, 0.25) is 0 Å². The van der Waals surface area contributed by atoms with Gasteiger partial charge in [-0.05, 0) is 49.7 Å².